The molecule has 5 rings (SSSR count). The molecule has 0 unspecified atom stereocenters. The molecule has 2 aromatic heterocycles. The lowest BCUT2D eigenvalue weighted by atomic mass is 10.2. The van der Waals surface area contributed by atoms with Crippen LogP contribution in [0, 0.1) is 12.7 Å². The highest BCUT2D eigenvalue weighted by molar-refractivity contribution is 7.89. The Balaban J connectivity index is 1.45. The van der Waals surface area contributed by atoms with Gasteiger partial charge in [0.15, 0.2) is 5.65 Å². The van der Waals surface area contributed by atoms with Crippen molar-refractivity contribution >= 4 is 44.0 Å². The lowest BCUT2D eigenvalue weighted by Crippen LogP contribution is -2.49. The third-order valence-corrected chi connectivity index (χ3v) is 7.66. The van der Waals surface area contributed by atoms with Gasteiger partial charge in [-0.05, 0) is 37.3 Å². The normalized spacial score (nSPS) is 15.8. The number of aromatic nitrogens is 3. The first-order valence-corrected chi connectivity index (χ1v) is 11.6. The van der Waals surface area contributed by atoms with Crippen LogP contribution in [0.25, 0.3) is 16.6 Å². The zero-order valence-electron chi connectivity index (χ0n) is 16.7. The molecule has 0 aliphatic carbocycles. The van der Waals surface area contributed by atoms with Gasteiger partial charge in [-0.15, -0.1) is 0 Å². The number of hydrogen-bond donors (Lipinski definition) is 0. The third kappa shape index (κ3) is 3.42. The molecule has 1 aliphatic heterocycles. The topological polar surface area (TPSA) is 70.8 Å². The van der Waals surface area contributed by atoms with Crippen LogP contribution in [0.5, 0.6) is 0 Å². The Hall–Kier alpha value is -2.75. The molecular formula is C21H19ClFN5O2S. The Kier molecular flexibility index (Phi) is 4.84. The van der Waals surface area contributed by atoms with Crippen LogP contribution in [0.1, 0.15) is 5.69 Å². The first-order valence-electron chi connectivity index (χ1n) is 9.80. The number of nitrogens with zero attached hydrogens (tertiary/aromatic N) is 5. The van der Waals surface area contributed by atoms with E-state index < -0.39 is 15.8 Å². The molecule has 0 spiro atoms. The Labute approximate surface area is 183 Å². The molecule has 31 heavy (non-hydrogen) atoms. The van der Waals surface area contributed by atoms with Crippen LogP contribution >= 0.6 is 11.6 Å². The van der Waals surface area contributed by atoms with Crippen molar-refractivity contribution < 1.29 is 12.8 Å². The van der Waals surface area contributed by atoms with Gasteiger partial charge in [-0.25, -0.2) is 22.3 Å². The van der Waals surface area contributed by atoms with Crippen LogP contribution in [0.15, 0.2) is 53.4 Å². The van der Waals surface area contributed by atoms with Crippen molar-refractivity contribution in [3.05, 3.63) is 65.1 Å². The number of piperazine rings is 1. The van der Waals surface area contributed by atoms with Crippen LogP contribution in [-0.2, 0) is 10.0 Å². The molecule has 10 heteroatoms. The van der Waals surface area contributed by atoms with Gasteiger partial charge in [0, 0.05) is 37.6 Å². The highest BCUT2D eigenvalue weighted by atomic mass is 35.5. The number of para-hydroxylation sites is 1. The molecule has 1 aliphatic rings. The minimum atomic E-state index is -3.76. The van der Waals surface area contributed by atoms with Gasteiger partial charge in [-0.3, -0.25) is 0 Å². The van der Waals surface area contributed by atoms with Gasteiger partial charge in [0.1, 0.15) is 11.6 Å². The summed E-state index contributed by atoms with van der Waals surface area (Å²) in [5, 5.41) is 5.28. The summed E-state index contributed by atoms with van der Waals surface area (Å²) in [6.07, 6.45) is 0. The Morgan fingerprint density at radius 2 is 1.77 bits per heavy atom. The number of hydrogen-bond acceptors (Lipinski definition) is 5. The van der Waals surface area contributed by atoms with Crippen LogP contribution in [0.4, 0.5) is 10.2 Å². The second-order valence-electron chi connectivity index (χ2n) is 7.48. The van der Waals surface area contributed by atoms with Gasteiger partial charge in [-0.1, -0.05) is 23.7 Å². The second kappa shape index (κ2) is 7.44. The van der Waals surface area contributed by atoms with Crippen molar-refractivity contribution in [3.63, 3.8) is 0 Å². The van der Waals surface area contributed by atoms with Crippen LogP contribution in [-0.4, -0.2) is 53.5 Å². The number of anilines is 1. The van der Waals surface area contributed by atoms with E-state index >= 15 is 0 Å². The SMILES string of the molecule is Cc1cc2nc(N3CCN(S(=O)(=O)c4ccc(F)c(Cl)c4)CC3)c3ccccc3n2n1. The van der Waals surface area contributed by atoms with Crippen molar-refractivity contribution in [2.45, 2.75) is 11.8 Å². The van der Waals surface area contributed by atoms with E-state index in [0.29, 0.717) is 13.1 Å². The van der Waals surface area contributed by atoms with Crippen LogP contribution in [0.3, 0.4) is 0 Å². The molecule has 2 aromatic carbocycles. The van der Waals surface area contributed by atoms with Crippen molar-refractivity contribution in [2.75, 3.05) is 31.1 Å². The van der Waals surface area contributed by atoms with Crippen LogP contribution < -0.4 is 4.90 Å². The standard InChI is InChI=1S/C21H19ClFN5O2S/c1-14-12-20-24-21(16-4-2-3-5-19(16)28(20)25-14)26-8-10-27(11-9-26)31(29,30)15-6-7-18(23)17(22)13-15/h2-7,12-13H,8-11H2,1H3. The Morgan fingerprint density at radius 1 is 1.03 bits per heavy atom. The average Bonchev–Trinajstić information content (AvgIpc) is 3.15. The number of rotatable bonds is 3. The predicted octanol–water partition coefficient (Wildman–Crippen LogP) is 3.49. The molecule has 3 heterocycles. The first kappa shape index (κ1) is 20.2. The van der Waals surface area contributed by atoms with Gasteiger partial charge in [0.05, 0.1) is 21.1 Å². The van der Waals surface area contributed by atoms with E-state index in [1.165, 1.54) is 10.4 Å². The molecule has 7 nitrogen and oxygen atoms in total. The predicted molar refractivity (Wildman–Crippen MR) is 118 cm³/mol. The summed E-state index contributed by atoms with van der Waals surface area (Å²) >= 11 is 5.79. The molecule has 0 saturated carbocycles. The molecule has 4 aromatic rings. The zero-order valence-corrected chi connectivity index (χ0v) is 18.2. The maximum absolute atomic E-state index is 13.4. The van der Waals surface area contributed by atoms with Crippen molar-refractivity contribution in [3.8, 4) is 0 Å². The maximum Gasteiger partial charge on any atom is 0.243 e. The highest BCUT2D eigenvalue weighted by Crippen LogP contribution is 2.29. The average molecular weight is 460 g/mol. The molecule has 1 fully saturated rings. The van der Waals surface area contributed by atoms with E-state index in [1.807, 2.05) is 41.8 Å². The zero-order chi connectivity index (χ0) is 21.8. The lowest BCUT2D eigenvalue weighted by Gasteiger charge is -2.35. The summed E-state index contributed by atoms with van der Waals surface area (Å²) in [5.41, 5.74) is 2.58. The number of halogens is 2. The molecule has 0 radical (unpaired) electrons. The van der Waals surface area contributed by atoms with Gasteiger partial charge in [0.2, 0.25) is 10.0 Å². The summed E-state index contributed by atoms with van der Waals surface area (Å²) in [5.74, 6) is 0.166. The van der Waals surface area contributed by atoms with Gasteiger partial charge >= 0.3 is 0 Å². The Morgan fingerprint density at radius 3 is 2.52 bits per heavy atom. The second-order valence-corrected chi connectivity index (χ2v) is 9.82. The molecule has 1 saturated heterocycles. The fraction of sp³-hybridized carbons (Fsp3) is 0.238. The van der Waals surface area contributed by atoms with Crippen molar-refractivity contribution in [1.82, 2.24) is 18.9 Å². The summed E-state index contributed by atoms with van der Waals surface area (Å²) in [4.78, 5) is 6.90. The van der Waals surface area contributed by atoms with Crippen molar-refractivity contribution in [2.24, 2.45) is 0 Å². The number of aryl methyl sites for hydroxylation is 1. The molecule has 0 bridgehead atoms. The maximum atomic E-state index is 13.4. The molecule has 0 atom stereocenters. The summed E-state index contributed by atoms with van der Waals surface area (Å²) < 4.78 is 42.6. The summed E-state index contributed by atoms with van der Waals surface area (Å²) in [6, 6.07) is 13.3. The minimum Gasteiger partial charge on any atom is -0.353 e. The highest BCUT2D eigenvalue weighted by Gasteiger charge is 2.30. The van der Waals surface area contributed by atoms with E-state index in [9.17, 15) is 12.8 Å². The van der Waals surface area contributed by atoms with Gasteiger partial charge < -0.3 is 4.90 Å². The number of fused-ring (bicyclic) bond motifs is 3. The van der Waals surface area contributed by atoms with Gasteiger partial charge in [0.25, 0.3) is 0 Å². The van der Waals surface area contributed by atoms with E-state index in [-0.39, 0.29) is 23.0 Å². The minimum absolute atomic E-state index is 0.00733. The third-order valence-electron chi connectivity index (χ3n) is 5.47. The molecule has 0 amide bonds. The summed E-state index contributed by atoms with van der Waals surface area (Å²) in [6.45, 7) is 3.46. The van der Waals surface area contributed by atoms with Crippen LogP contribution in [0.2, 0.25) is 5.02 Å². The van der Waals surface area contributed by atoms with Crippen molar-refractivity contribution in [1.29, 1.82) is 0 Å². The largest absolute Gasteiger partial charge is 0.353 e. The number of benzene rings is 2. The van der Waals surface area contributed by atoms with E-state index in [4.69, 9.17) is 16.6 Å². The Bertz CT molecular complexity index is 1410. The number of sulfonamides is 1. The smallest absolute Gasteiger partial charge is 0.243 e. The van der Waals surface area contributed by atoms with E-state index in [1.54, 1.807) is 0 Å². The van der Waals surface area contributed by atoms with Gasteiger partial charge in [-0.2, -0.15) is 9.40 Å². The molecular weight excluding hydrogens is 441 g/mol. The lowest BCUT2D eigenvalue weighted by molar-refractivity contribution is 0.384. The fourth-order valence-electron chi connectivity index (χ4n) is 3.93. The molecule has 0 N–H and O–H groups in total. The van der Waals surface area contributed by atoms with E-state index in [2.05, 4.69) is 10.00 Å². The quantitative estimate of drug-likeness (QED) is 0.469. The molecule has 160 valence electrons. The first-order chi connectivity index (χ1) is 14.8. The monoisotopic (exact) mass is 459 g/mol. The fourth-order valence-corrected chi connectivity index (χ4v) is 5.62. The van der Waals surface area contributed by atoms with E-state index in [0.717, 1.165) is 40.2 Å². The summed E-state index contributed by atoms with van der Waals surface area (Å²) in [7, 11) is -3.76.